The first kappa shape index (κ1) is 25.9. The van der Waals surface area contributed by atoms with Gasteiger partial charge in [-0.05, 0) is 72.3 Å². The largest absolute Gasteiger partial charge is 0.0654 e. The Labute approximate surface area is 234 Å². The molecule has 0 atom stereocenters. The predicted molar refractivity (Wildman–Crippen MR) is 174 cm³/mol. The van der Waals surface area contributed by atoms with Crippen LogP contribution in [0.15, 0.2) is 91.0 Å². The molecule has 0 N–H and O–H groups in total. The van der Waals surface area contributed by atoms with Crippen molar-refractivity contribution in [3.8, 4) is 0 Å². The van der Waals surface area contributed by atoms with Crippen LogP contribution < -0.4 is 0 Å². The van der Waals surface area contributed by atoms with E-state index >= 15 is 0 Å². The van der Waals surface area contributed by atoms with Gasteiger partial charge in [0.15, 0.2) is 0 Å². The first-order valence-electron chi connectivity index (χ1n) is 15.5. The quantitative estimate of drug-likeness (QED) is 0.113. The van der Waals surface area contributed by atoms with Crippen LogP contribution in [0.3, 0.4) is 0 Å². The lowest BCUT2D eigenvalue weighted by atomic mass is 9.92. The SMILES string of the molecule is CCCCCCCCCCCCCc1ccc2c(ccc3c2ccc2c4ccc5ccccc5c4ccc32)c1. The molecule has 0 heteroatoms. The van der Waals surface area contributed by atoms with Crippen molar-refractivity contribution in [2.75, 3.05) is 0 Å². The van der Waals surface area contributed by atoms with Crippen molar-refractivity contribution in [3.63, 3.8) is 0 Å². The highest BCUT2D eigenvalue weighted by molar-refractivity contribution is 6.24. The summed E-state index contributed by atoms with van der Waals surface area (Å²) in [6.45, 7) is 2.30. The van der Waals surface area contributed by atoms with E-state index in [0.717, 1.165) is 0 Å². The third kappa shape index (κ3) is 5.53. The van der Waals surface area contributed by atoms with Crippen molar-refractivity contribution in [2.45, 2.75) is 84.0 Å². The molecule has 0 saturated carbocycles. The molecule has 6 rings (SSSR count). The van der Waals surface area contributed by atoms with Gasteiger partial charge in [-0.3, -0.25) is 0 Å². The van der Waals surface area contributed by atoms with Crippen LogP contribution in [0.1, 0.15) is 83.1 Å². The van der Waals surface area contributed by atoms with E-state index in [2.05, 4.69) is 97.9 Å². The minimum absolute atomic E-state index is 1.20. The van der Waals surface area contributed by atoms with Crippen molar-refractivity contribution in [1.29, 1.82) is 0 Å². The Hall–Kier alpha value is -3.38. The van der Waals surface area contributed by atoms with Gasteiger partial charge in [0.05, 0.1) is 0 Å². The van der Waals surface area contributed by atoms with Crippen molar-refractivity contribution >= 4 is 53.9 Å². The first-order valence-corrected chi connectivity index (χ1v) is 15.5. The summed E-state index contributed by atoms with van der Waals surface area (Å²) in [6, 6.07) is 34.5. The topological polar surface area (TPSA) is 0 Å². The molecule has 6 aromatic rings. The Bertz CT molecular complexity index is 1720. The third-order valence-corrected chi connectivity index (χ3v) is 8.87. The van der Waals surface area contributed by atoms with E-state index < -0.39 is 0 Å². The summed E-state index contributed by atoms with van der Waals surface area (Å²) in [6.07, 6.45) is 16.6. The molecule has 0 aliphatic heterocycles. The number of fused-ring (bicyclic) bond motifs is 9. The summed E-state index contributed by atoms with van der Waals surface area (Å²) in [5.74, 6) is 0. The smallest absolute Gasteiger partial charge is 0.00987 e. The van der Waals surface area contributed by atoms with Crippen LogP contribution >= 0.6 is 0 Å². The number of benzene rings is 6. The number of rotatable bonds is 12. The number of aryl methyl sites for hydroxylation is 1. The van der Waals surface area contributed by atoms with Crippen molar-refractivity contribution in [1.82, 2.24) is 0 Å². The van der Waals surface area contributed by atoms with Gasteiger partial charge >= 0.3 is 0 Å². The zero-order valence-corrected chi connectivity index (χ0v) is 23.6. The maximum atomic E-state index is 2.43. The summed E-state index contributed by atoms with van der Waals surface area (Å²) >= 11 is 0. The molecule has 0 unspecified atom stereocenters. The summed E-state index contributed by atoms with van der Waals surface area (Å²) in [5, 5.41) is 13.5. The van der Waals surface area contributed by atoms with Crippen molar-refractivity contribution < 1.29 is 0 Å². The summed E-state index contributed by atoms with van der Waals surface area (Å²) in [4.78, 5) is 0. The van der Waals surface area contributed by atoms with Gasteiger partial charge in [-0.25, -0.2) is 0 Å². The fourth-order valence-electron chi connectivity index (χ4n) is 6.66. The third-order valence-electron chi connectivity index (χ3n) is 8.87. The van der Waals surface area contributed by atoms with E-state index in [1.54, 1.807) is 0 Å². The average molecular weight is 511 g/mol. The Morgan fingerprint density at radius 1 is 0.359 bits per heavy atom. The van der Waals surface area contributed by atoms with E-state index in [4.69, 9.17) is 0 Å². The second-order valence-electron chi connectivity index (χ2n) is 11.6. The zero-order valence-electron chi connectivity index (χ0n) is 23.6. The molecule has 0 amide bonds. The van der Waals surface area contributed by atoms with Crippen LogP contribution in [0.4, 0.5) is 0 Å². The fraction of sp³-hybridized carbons (Fsp3) is 0.333. The van der Waals surface area contributed by atoms with Crippen LogP contribution in [0.5, 0.6) is 0 Å². The van der Waals surface area contributed by atoms with E-state index in [1.165, 1.54) is 136 Å². The molecule has 0 bridgehead atoms. The first-order chi connectivity index (χ1) is 19.3. The lowest BCUT2D eigenvalue weighted by Gasteiger charge is -2.12. The lowest BCUT2D eigenvalue weighted by Crippen LogP contribution is -1.88. The molecule has 6 aromatic carbocycles. The molecule has 0 aliphatic rings. The number of hydrogen-bond donors (Lipinski definition) is 0. The molecule has 198 valence electrons. The molecule has 0 aliphatic carbocycles. The Kier molecular flexibility index (Phi) is 8.10. The second-order valence-corrected chi connectivity index (χ2v) is 11.6. The van der Waals surface area contributed by atoms with Gasteiger partial charge in [-0.15, -0.1) is 0 Å². The van der Waals surface area contributed by atoms with Gasteiger partial charge in [0.1, 0.15) is 0 Å². The van der Waals surface area contributed by atoms with Gasteiger partial charge < -0.3 is 0 Å². The van der Waals surface area contributed by atoms with E-state index in [9.17, 15) is 0 Å². The summed E-state index contributed by atoms with van der Waals surface area (Å²) < 4.78 is 0. The van der Waals surface area contributed by atoms with Crippen molar-refractivity contribution in [2.24, 2.45) is 0 Å². The van der Waals surface area contributed by atoms with Gasteiger partial charge in [0.2, 0.25) is 0 Å². The van der Waals surface area contributed by atoms with Crippen LogP contribution in [0.25, 0.3) is 53.9 Å². The van der Waals surface area contributed by atoms with Gasteiger partial charge in [-0.2, -0.15) is 0 Å². The van der Waals surface area contributed by atoms with Crippen LogP contribution in [0.2, 0.25) is 0 Å². The molecule has 39 heavy (non-hydrogen) atoms. The Morgan fingerprint density at radius 3 is 1.41 bits per heavy atom. The Morgan fingerprint density at radius 2 is 0.795 bits per heavy atom. The fourth-order valence-corrected chi connectivity index (χ4v) is 6.66. The lowest BCUT2D eigenvalue weighted by molar-refractivity contribution is 0.549. The molecule has 0 saturated heterocycles. The van der Waals surface area contributed by atoms with E-state index in [1.807, 2.05) is 0 Å². The standard InChI is InChI=1S/C39H42/c1-2-3-4-5-6-7-8-9-10-11-12-15-29-18-21-33-31(28-29)20-23-37-35(33)25-27-38-36-22-19-30-16-13-14-17-32(30)34(36)24-26-39(37)38/h13-14,16-28H,2-12,15H2,1H3. The molecule has 0 spiro atoms. The molecule has 0 fully saturated rings. The van der Waals surface area contributed by atoms with Gasteiger partial charge in [0.25, 0.3) is 0 Å². The van der Waals surface area contributed by atoms with E-state index in [0.29, 0.717) is 0 Å². The molecule has 0 heterocycles. The highest BCUT2D eigenvalue weighted by Gasteiger charge is 2.09. The average Bonchev–Trinajstić information content (AvgIpc) is 2.99. The minimum Gasteiger partial charge on any atom is -0.0654 e. The molecular weight excluding hydrogens is 468 g/mol. The van der Waals surface area contributed by atoms with Crippen molar-refractivity contribution in [3.05, 3.63) is 96.6 Å². The number of hydrogen-bond acceptors (Lipinski definition) is 0. The van der Waals surface area contributed by atoms with Gasteiger partial charge in [-0.1, -0.05) is 162 Å². The monoisotopic (exact) mass is 510 g/mol. The maximum Gasteiger partial charge on any atom is -0.00987 e. The normalized spacial score (nSPS) is 11.9. The zero-order chi connectivity index (χ0) is 26.4. The summed E-state index contributed by atoms with van der Waals surface area (Å²) in [5.41, 5.74) is 1.48. The minimum atomic E-state index is 1.20. The molecule has 0 radical (unpaired) electrons. The van der Waals surface area contributed by atoms with Gasteiger partial charge in [0, 0.05) is 0 Å². The second kappa shape index (κ2) is 12.2. The highest BCUT2D eigenvalue weighted by atomic mass is 14.1. The van der Waals surface area contributed by atoms with Crippen LogP contribution in [0, 0.1) is 0 Å². The molecule has 0 aromatic heterocycles. The van der Waals surface area contributed by atoms with E-state index in [-0.39, 0.29) is 0 Å². The molecular formula is C39H42. The van der Waals surface area contributed by atoms with Crippen LogP contribution in [-0.4, -0.2) is 0 Å². The number of unbranched alkanes of at least 4 members (excludes halogenated alkanes) is 10. The predicted octanol–water partition coefficient (Wildman–Crippen LogP) is 12.3. The Balaban J connectivity index is 1.14. The summed E-state index contributed by atoms with van der Waals surface area (Å²) in [7, 11) is 0. The van der Waals surface area contributed by atoms with Crippen LogP contribution in [-0.2, 0) is 6.42 Å². The molecule has 0 nitrogen and oxygen atoms in total. The maximum absolute atomic E-state index is 2.43. The highest BCUT2D eigenvalue weighted by Crippen LogP contribution is 2.37.